The molecular formula is C8H14O3S2. The summed E-state index contributed by atoms with van der Waals surface area (Å²) >= 11 is 8.62. The van der Waals surface area contributed by atoms with Crippen molar-refractivity contribution < 1.29 is 14.2 Å². The van der Waals surface area contributed by atoms with Crippen molar-refractivity contribution in [3.05, 3.63) is 0 Å². The van der Waals surface area contributed by atoms with Crippen LogP contribution in [-0.4, -0.2) is 31.0 Å². The first-order valence-corrected chi connectivity index (χ1v) is 5.05. The molecule has 1 heterocycles. The van der Waals surface area contributed by atoms with Gasteiger partial charge in [-0.05, 0) is 18.6 Å². The minimum atomic E-state index is -0.0506. The highest BCUT2D eigenvalue weighted by Crippen LogP contribution is 2.26. The van der Waals surface area contributed by atoms with Gasteiger partial charge >= 0.3 is 0 Å². The van der Waals surface area contributed by atoms with Gasteiger partial charge in [0.25, 0.3) is 0 Å². The van der Waals surface area contributed by atoms with Gasteiger partial charge < -0.3 is 14.2 Å². The molecule has 0 atom stereocenters. The van der Waals surface area contributed by atoms with Crippen LogP contribution < -0.4 is 0 Å². The molecule has 0 radical (unpaired) electrons. The lowest BCUT2D eigenvalue weighted by atomic mass is 9.87. The van der Waals surface area contributed by atoms with E-state index in [4.69, 9.17) is 26.4 Å². The lowest BCUT2D eigenvalue weighted by Gasteiger charge is -2.35. The van der Waals surface area contributed by atoms with Crippen LogP contribution in [0.4, 0.5) is 0 Å². The van der Waals surface area contributed by atoms with E-state index in [0.29, 0.717) is 26.6 Å². The van der Waals surface area contributed by atoms with Crippen LogP contribution in [0.5, 0.6) is 0 Å². The molecule has 1 rings (SSSR count). The van der Waals surface area contributed by atoms with E-state index in [-0.39, 0.29) is 9.80 Å². The predicted molar refractivity (Wildman–Crippen MR) is 57.0 cm³/mol. The Bertz CT molecular complexity index is 178. The molecule has 76 valence electrons. The second kappa shape index (κ2) is 5.14. The Morgan fingerprint density at radius 2 is 2.15 bits per heavy atom. The molecule has 0 aliphatic carbocycles. The summed E-state index contributed by atoms with van der Waals surface area (Å²) < 4.78 is 16.0. The molecule has 0 aromatic carbocycles. The van der Waals surface area contributed by atoms with E-state index in [0.717, 1.165) is 6.42 Å². The highest BCUT2D eigenvalue weighted by Gasteiger charge is 2.33. The number of thiol groups is 1. The summed E-state index contributed by atoms with van der Waals surface area (Å²) in [5, 5.41) is 0. The second-order valence-electron chi connectivity index (χ2n) is 3.22. The number of ether oxygens (including phenoxy) is 3. The van der Waals surface area contributed by atoms with E-state index in [1.807, 2.05) is 0 Å². The van der Waals surface area contributed by atoms with E-state index in [1.165, 1.54) is 0 Å². The SMILES string of the molecule is CCC1(COC(=S)S)COCOC1. The Morgan fingerprint density at radius 1 is 1.54 bits per heavy atom. The van der Waals surface area contributed by atoms with Gasteiger partial charge in [0.15, 0.2) is 0 Å². The minimum absolute atomic E-state index is 0.0506. The molecule has 0 saturated carbocycles. The maximum Gasteiger partial charge on any atom is 0.216 e. The van der Waals surface area contributed by atoms with Gasteiger partial charge in [-0.25, -0.2) is 0 Å². The monoisotopic (exact) mass is 222 g/mol. The van der Waals surface area contributed by atoms with Crippen LogP contribution in [0.1, 0.15) is 13.3 Å². The first-order valence-electron chi connectivity index (χ1n) is 4.20. The fourth-order valence-corrected chi connectivity index (χ4v) is 1.34. The van der Waals surface area contributed by atoms with Crippen molar-refractivity contribution in [1.82, 2.24) is 0 Å². The van der Waals surface area contributed by atoms with Gasteiger partial charge in [-0.1, -0.05) is 19.6 Å². The Labute approximate surface area is 89.1 Å². The molecule has 3 nitrogen and oxygen atoms in total. The molecule has 0 N–H and O–H groups in total. The molecule has 0 aromatic heterocycles. The topological polar surface area (TPSA) is 27.7 Å². The predicted octanol–water partition coefficient (Wildman–Crippen LogP) is 1.62. The van der Waals surface area contributed by atoms with Crippen LogP contribution in [0.2, 0.25) is 0 Å². The third-order valence-corrected chi connectivity index (χ3v) is 2.48. The number of thiocarbonyl (C=S) groups is 1. The van der Waals surface area contributed by atoms with Crippen LogP contribution in [0, 0.1) is 5.41 Å². The Hall–Kier alpha value is 0.160. The van der Waals surface area contributed by atoms with Crippen molar-refractivity contribution in [1.29, 1.82) is 0 Å². The molecule has 0 unspecified atom stereocenters. The molecule has 1 fully saturated rings. The molecule has 0 bridgehead atoms. The fraction of sp³-hybridized carbons (Fsp3) is 0.875. The zero-order valence-corrected chi connectivity index (χ0v) is 9.33. The fourth-order valence-electron chi connectivity index (χ4n) is 1.22. The molecule has 13 heavy (non-hydrogen) atoms. The molecular weight excluding hydrogens is 208 g/mol. The summed E-state index contributed by atoms with van der Waals surface area (Å²) in [7, 11) is 0. The number of hydrogen-bond donors (Lipinski definition) is 1. The summed E-state index contributed by atoms with van der Waals surface area (Å²) in [6.45, 7) is 4.32. The summed E-state index contributed by atoms with van der Waals surface area (Å²) in [5.41, 5.74) is -0.0506. The van der Waals surface area contributed by atoms with Gasteiger partial charge in [0.2, 0.25) is 4.38 Å². The third-order valence-electron chi connectivity index (χ3n) is 2.23. The maximum atomic E-state index is 5.24. The zero-order chi connectivity index (χ0) is 9.73. The summed E-state index contributed by atoms with van der Waals surface area (Å²) in [4.78, 5) is 0. The smallest absolute Gasteiger partial charge is 0.216 e. The van der Waals surface area contributed by atoms with E-state index < -0.39 is 0 Å². The summed E-state index contributed by atoms with van der Waals surface area (Å²) in [6, 6.07) is 0. The van der Waals surface area contributed by atoms with Gasteiger partial charge in [-0.3, -0.25) is 0 Å². The molecule has 0 spiro atoms. The van der Waals surface area contributed by atoms with Gasteiger partial charge in [-0.15, -0.1) is 0 Å². The van der Waals surface area contributed by atoms with Crippen LogP contribution in [0.15, 0.2) is 0 Å². The highest BCUT2D eigenvalue weighted by molar-refractivity contribution is 8.10. The highest BCUT2D eigenvalue weighted by atomic mass is 32.1. The van der Waals surface area contributed by atoms with Crippen LogP contribution in [0.3, 0.4) is 0 Å². The zero-order valence-electron chi connectivity index (χ0n) is 7.62. The molecule has 5 heteroatoms. The van der Waals surface area contributed by atoms with Gasteiger partial charge in [0, 0.05) is 0 Å². The van der Waals surface area contributed by atoms with Crippen LogP contribution in [-0.2, 0) is 14.2 Å². The number of rotatable bonds is 3. The largest absolute Gasteiger partial charge is 0.478 e. The average Bonchev–Trinajstić information content (AvgIpc) is 2.16. The third kappa shape index (κ3) is 3.42. The molecule has 0 aromatic rings. The average molecular weight is 222 g/mol. The van der Waals surface area contributed by atoms with Crippen molar-refractivity contribution >= 4 is 29.2 Å². The first kappa shape index (κ1) is 11.2. The summed E-state index contributed by atoms with van der Waals surface area (Å²) in [5.74, 6) is 0. The number of hydrogen-bond acceptors (Lipinski definition) is 4. The molecule has 1 saturated heterocycles. The molecule has 1 aliphatic heterocycles. The van der Waals surface area contributed by atoms with Crippen molar-refractivity contribution in [2.24, 2.45) is 5.41 Å². The van der Waals surface area contributed by atoms with Crippen molar-refractivity contribution in [2.45, 2.75) is 13.3 Å². The Kier molecular flexibility index (Phi) is 4.45. The minimum Gasteiger partial charge on any atom is -0.478 e. The lowest BCUT2D eigenvalue weighted by molar-refractivity contribution is -0.174. The van der Waals surface area contributed by atoms with Gasteiger partial charge in [0.1, 0.15) is 6.79 Å². The van der Waals surface area contributed by atoms with E-state index in [9.17, 15) is 0 Å². The maximum absolute atomic E-state index is 5.24. The van der Waals surface area contributed by atoms with Crippen molar-refractivity contribution in [3.8, 4) is 0 Å². The van der Waals surface area contributed by atoms with E-state index >= 15 is 0 Å². The van der Waals surface area contributed by atoms with E-state index in [1.54, 1.807) is 0 Å². The van der Waals surface area contributed by atoms with E-state index in [2.05, 4.69) is 19.6 Å². The normalized spacial score (nSPS) is 21.1. The Morgan fingerprint density at radius 3 is 2.62 bits per heavy atom. The van der Waals surface area contributed by atoms with Crippen molar-refractivity contribution in [2.75, 3.05) is 26.6 Å². The Balaban J connectivity index is 2.42. The van der Waals surface area contributed by atoms with Crippen LogP contribution >= 0.6 is 24.8 Å². The van der Waals surface area contributed by atoms with Gasteiger partial charge in [-0.2, -0.15) is 0 Å². The van der Waals surface area contributed by atoms with Crippen LogP contribution in [0.25, 0.3) is 0 Å². The lowest BCUT2D eigenvalue weighted by Crippen LogP contribution is -2.41. The van der Waals surface area contributed by atoms with Gasteiger partial charge in [0.05, 0.1) is 25.2 Å². The molecule has 0 amide bonds. The summed E-state index contributed by atoms with van der Waals surface area (Å²) in [6.07, 6.45) is 0.948. The second-order valence-corrected chi connectivity index (χ2v) is 4.30. The van der Waals surface area contributed by atoms with Crippen molar-refractivity contribution in [3.63, 3.8) is 0 Å². The molecule has 1 aliphatic rings. The first-order chi connectivity index (χ1) is 6.18. The quantitative estimate of drug-likeness (QED) is 0.580. The standard InChI is InChI=1S/C8H14O3S2/c1-2-8(5-11-7(12)13)3-9-6-10-4-8/h2-6H2,1H3,(H,12,13).